The Morgan fingerprint density at radius 2 is 1.72 bits per heavy atom. The first kappa shape index (κ1) is 25.9. The number of likely N-dealkylation sites (tertiary alicyclic amines) is 1. The first-order chi connectivity index (χ1) is 17.2. The van der Waals surface area contributed by atoms with Gasteiger partial charge in [0, 0.05) is 26.2 Å². The first-order valence-electron chi connectivity index (χ1n) is 12.3. The van der Waals surface area contributed by atoms with E-state index >= 15 is 0 Å². The van der Waals surface area contributed by atoms with Crippen molar-refractivity contribution in [1.29, 1.82) is 0 Å². The summed E-state index contributed by atoms with van der Waals surface area (Å²) < 4.78 is 25.1. The standard InChI is InChI=1S/C27H34FN3O5/c1-26(2)24(32)31(25(33)29-26)14-5-17-35-21-10-8-20(9-11-21)18-30-15-12-27(34,13-16-30)19-36-23-7-4-3-6-22(23)28/h3-4,6-11,34H,5,12-19H2,1-2H3,(H,29,33). The highest BCUT2D eigenvalue weighted by Gasteiger charge is 2.43. The summed E-state index contributed by atoms with van der Waals surface area (Å²) in [7, 11) is 0. The zero-order valence-electron chi connectivity index (χ0n) is 20.8. The lowest BCUT2D eigenvalue weighted by atomic mass is 9.92. The van der Waals surface area contributed by atoms with E-state index in [1.807, 2.05) is 24.3 Å². The third-order valence-corrected chi connectivity index (χ3v) is 6.69. The Kier molecular flexibility index (Phi) is 7.80. The highest BCUT2D eigenvalue weighted by Crippen LogP contribution is 2.26. The van der Waals surface area contributed by atoms with E-state index < -0.39 is 17.0 Å². The number of ether oxygens (including phenoxy) is 2. The summed E-state index contributed by atoms with van der Waals surface area (Å²) in [5.74, 6) is 0.249. The average Bonchev–Trinajstić information content (AvgIpc) is 3.05. The SMILES string of the molecule is CC1(C)NC(=O)N(CCCOc2ccc(CN3CCC(O)(COc4ccccc4F)CC3)cc2)C1=O. The van der Waals surface area contributed by atoms with Crippen molar-refractivity contribution in [3.8, 4) is 11.5 Å². The van der Waals surface area contributed by atoms with Crippen molar-refractivity contribution >= 4 is 11.9 Å². The van der Waals surface area contributed by atoms with Crippen LogP contribution in [-0.2, 0) is 11.3 Å². The number of carbonyl (C=O) groups is 2. The van der Waals surface area contributed by atoms with Crippen LogP contribution < -0.4 is 14.8 Å². The normalized spacial score (nSPS) is 19.3. The fourth-order valence-electron chi connectivity index (χ4n) is 4.43. The summed E-state index contributed by atoms with van der Waals surface area (Å²) in [5.41, 5.74) is -0.681. The zero-order valence-corrected chi connectivity index (χ0v) is 20.8. The number of amides is 3. The lowest BCUT2D eigenvalue weighted by Gasteiger charge is -2.38. The van der Waals surface area contributed by atoms with Crippen molar-refractivity contribution in [2.24, 2.45) is 0 Å². The van der Waals surface area contributed by atoms with Crippen LogP contribution in [0.4, 0.5) is 9.18 Å². The van der Waals surface area contributed by atoms with E-state index in [9.17, 15) is 19.1 Å². The molecule has 2 aliphatic heterocycles. The molecule has 0 spiro atoms. The molecule has 2 heterocycles. The molecule has 2 aromatic carbocycles. The summed E-state index contributed by atoms with van der Waals surface area (Å²) in [6.45, 7) is 6.37. The van der Waals surface area contributed by atoms with Crippen molar-refractivity contribution < 1.29 is 28.6 Å². The van der Waals surface area contributed by atoms with Gasteiger partial charge in [0.15, 0.2) is 11.6 Å². The molecule has 2 saturated heterocycles. The second-order valence-corrected chi connectivity index (χ2v) is 10.1. The maximum atomic E-state index is 13.8. The van der Waals surface area contributed by atoms with Gasteiger partial charge in [-0.2, -0.15) is 0 Å². The number of carbonyl (C=O) groups excluding carboxylic acids is 2. The number of para-hydroxylation sites is 1. The van der Waals surface area contributed by atoms with Gasteiger partial charge in [0.25, 0.3) is 5.91 Å². The summed E-state index contributed by atoms with van der Waals surface area (Å²) in [5, 5.41) is 13.5. The predicted octanol–water partition coefficient (Wildman–Crippen LogP) is 3.33. The quantitative estimate of drug-likeness (QED) is 0.385. The number of hydrogen-bond acceptors (Lipinski definition) is 6. The highest BCUT2D eigenvalue weighted by molar-refractivity contribution is 6.06. The molecule has 0 unspecified atom stereocenters. The second-order valence-electron chi connectivity index (χ2n) is 10.1. The third-order valence-electron chi connectivity index (χ3n) is 6.69. The van der Waals surface area contributed by atoms with Gasteiger partial charge in [-0.25, -0.2) is 9.18 Å². The monoisotopic (exact) mass is 499 g/mol. The molecule has 0 bridgehead atoms. The summed E-state index contributed by atoms with van der Waals surface area (Å²) in [6, 6.07) is 13.7. The molecule has 2 fully saturated rings. The third kappa shape index (κ3) is 6.33. The summed E-state index contributed by atoms with van der Waals surface area (Å²) >= 11 is 0. The summed E-state index contributed by atoms with van der Waals surface area (Å²) in [4.78, 5) is 27.6. The smallest absolute Gasteiger partial charge is 0.325 e. The highest BCUT2D eigenvalue weighted by atomic mass is 19.1. The Hall–Kier alpha value is -3.17. The van der Waals surface area contributed by atoms with Crippen molar-refractivity contribution in [1.82, 2.24) is 15.1 Å². The average molecular weight is 500 g/mol. The van der Waals surface area contributed by atoms with Crippen LogP contribution in [0.15, 0.2) is 48.5 Å². The predicted molar refractivity (Wildman–Crippen MR) is 132 cm³/mol. The van der Waals surface area contributed by atoms with Crippen molar-refractivity contribution in [2.75, 3.05) is 32.8 Å². The van der Waals surface area contributed by atoms with Crippen molar-refractivity contribution in [3.05, 3.63) is 59.9 Å². The van der Waals surface area contributed by atoms with E-state index in [1.165, 1.54) is 11.0 Å². The van der Waals surface area contributed by atoms with Gasteiger partial charge in [0.1, 0.15) is 23.5 Å². The number of urea groups is 1. The second kappa shape index (κ2) is 10.8. The molecule has 36 heavy (non-hydrogen) atoms. The van der Waals surface area contributed by atoms with Gasteiger partial charge in [-0.15, -0.1) is 0 Å². The number of imide groups is 1. The molecule has 2 aromatic rings. The van der Waals surface area contributed by atoms with Crippen molar-refractivity contribution in [2.45, 2.75) is 50.8 Å². The zero-order chi connectivity index (χ0) is 25.8. The molecule has 194 valence electrons. The maximum absolute atomic E-state index is 13.8. The van der Waals surface area contributed by atoms with Crippen LogP contribution >= 0.6 is 0 Å². The molecular weight excluding hydrogens is 465 g/mol. The number of nitrogens with one attached hydrogen (secondary N) is 1. The topological polar surface area (TPSA) is 91.3 Å². The van der Waals surface area contributed by atoms with Crippen LogP contribution in [0, 0.1) is 5.82 Å². The number of aliphatic hydroxyl groups is 1. The van der Waals surface area contributed by atoms with Crippen LogP contribution in [0.2, 0.25) is 0 Å². The van der Waals surface area contributed by atoms with Crippen LogP contribution in [-0.4, -0.2) is 70.8 Å². The maximum Gasteiger partial charge on any atom is 0.325 e. The van der Waals surface area contributed by atoms with E-state index in [2.05, 4.69) is 10.2 Å². The van der Waals surface area contributed by atoms with Gasteiger partial charge in [-0.05, 0) is 62.9 Å². The lowest BCUT2D eigenvalue weighted by molar-refractivity contribution is -0.130. The molecular formula is C27H34FN3O5. The van der Waals surface area contributed by atoms with Crippen molar-refractivity contribution in [3.63, 3.8) is 0 Å². The fraction of sp³-hybridized carbons (Fsp3) is 0.481. The minimum atomic E-state index is -0.966. The summed E-state index contributed by atoms with van der Waals surface area (Å²) in [6.07, 6.45) is 1.66. The molecule has 3 amide bonds. The molecule has 2 aliphatic rings. The van der Waals surface area contributed by atoms with Gasteiger partial charge in [0.2, 0.25) is 0 Å². The molecule has 0 atom stereocenters. The van der Waals surface area contributed by atoms with E-state index in [4.69, 9.17) is 9.47 Å². The molecule has 2 N–H and O–H groups in total. The van der Waals surface area contributed by atoms with Gasteiger partial charge < -0.3 is 19.9 Å². The number of halogens is 1. The molecule has 0 aromatic heterocycles. The van der Waals surface area contributed by atoms with E-state index in [0.717, 1.165) is 30.9 Å². The minimum Gasteiger partial charge on any atom is -0.494 e. The number of nitrogens with zero attached hydrogens (tertiary/aromatic N) is 2. The molecule has 8 nitrogen and oxygen atoms in total. The molecule has 4 rings (SSSR count). The van der Waals surface area contributed by atoms with Crippen LogP contribution in [0.5, 0.6) is 11.5 Å². The van der Waals surface area contributed by atoms with Gasteiger partial charge in [-0.1, -0.05) is 24.3 Å². The minimum absolute atomic E-state index is 0.0716. The van der Waals surface area contributed by atoms with E-state index in [-0.39, 0.29) is 24.3 Å². The van der Waals surface area contributed by atoms with Crippen LogP contribution in [0.1, 0.15) is 38.7 Å². The first-order valence-corrected chi connectivity index (χ1v) is 12.3. The lowest BCUT2D eigenvalue weighted by Crippen LogP contribution is -2.47. The Balaban J connectivity index is 1.16. The van der Waals surface area contributed by atoms with Gasteiger partial charge in [-0.3, -0.25) is 14.6 Å². The Morgan fingerprint density at radius 3 is 2.36 bits per heavy atom. The Morgan fingerprint density at radius 1 is 1.03 bits per heavy atom. The molecule has 0 radical (unpaired) electrons. The molecule has 0 aliphatic carbocycles. The van der Waals surface area contributed by atoms with Gasteiger partial charge >= 0.3 is 6.03 Å². The Bertz CT molecular complexity index is 1070. The largest absolute Gasteiger partial charge is 0.494 e. The number of rotatable bonds is 10. The molecule has 0 saturated carbocycles. The van der Waals surface area contributed by atoms with E-state index in [1.54, 1.807) is 32.0 Å². The number of piperidine rings is 1. The molecule has 9 heteroatoms. The van der Waals surface area contributed by atoms with Crippen LogP contribution in [0.3, 0.4) is 0 Å². The number of hydrogen-bond donors (Lipinski definition) is 2. The van der Waals surface area contributed by atoms with Crippen LogP contribution in [0.25, 0.3) is 0 Å². The Labute approximate surface area is 211 Å². The van der Waals surface area contributed by atoms with E-state index in [0.29, 0.717) is 32.4 Å². The van der Waals surface area contributed by atoms with Gasteiger partial charge in [0.05, 0.1) is 6.61 Å². The fourth-order valence-corrected chi connectivity index (χ4v) is 4.43. The number of benzene rings is 2.